The summed E-state index contributed by atoms with van der Waals surface area (Å²) in [6.45, 7) is 0.369. The molecule has 0 saturated carbocycles. The number of nitrogens with two attached hydrogens (primary N) is 1. The highest BCUT2D eigenvalue weighted by Gasteiger charge is 2.17. The summed E-state index contributed by atoms with van der Waals surface area (Å²) < 4.78 is 11.5. The second-order valence-corrected chi connectivity index (χ2v) is 5.36. The number of nitrogens with zero attached hydrogens (tertiary/aromatic N) is 2. The maximum atomic E-state index is 5.60. The molecule has 0 unspecified atom stereocenters. The highest BCUT2D eigenvalue weighted by molar-refractivity contribution is 9.10. The van der Waals surface area contributed by atoms with E-state index in [2.05, 4.69) is 26.1 Å². The third-order valence-corrected chi connectivity index (χ3v) is 4.06. The molecule has 5 nitrogen and oxygen atoms in total. The van der Waals surface area contributed by atoms with Crippen molar-refractivity contribution in [1.29, 1.82) is 0 Å². The lowest BCUT2D eigenvalue weighted by molar-refractivity contribution is 0.416. The van der Waals surface area contributed by atoms with E-state index < -0.39 is 0 Å². The third kappa shape index (κ3) is 2.00. The minimum atomic E-state index is 0.347. The first-order chi connectivity index (χ1) is 8.78. The Kier molecular flexibility index (Phi) is 3.02. The van der Waals surface area contributed by atoms with Crippen LogP contribution >= 0.6 is 27.3 Å². The van der Waals surface area contributed by atoms with Crippen molar-refractivity contribution in [2.75, 3.05) is 0 Å². The van der Waals surface area contributed by atoms with Crippen LogP contribution in [0.4, 0.5) is 0 Å². The Morgan fingerprint density at radius 1 is 1.44 bits per heavy atom. The van der Waals surface area contributed by atoms with Gasteiger partial charge in [0.1, 0.15) is 0 Å². The molecule has 0 bridgehead atoms. The highest BCUT2D eigenvalue weighted by Crippen LogP contribution is 2.30. The average molecular weight is 326 g/mol. The molecule has 0 spiro atoms. The zero-order valence-electron chi connectivity index (χ0n) is 9.09. The zero-order valence-corrected chi connectivity index (χ0v) is 11.5. The number of rotatable bonds is 3. The topological polar surface area (TPSA) is 78.1 Å². The van der Waals surface area contributed by atoms with Crippen LogP contribution in [0.1, 0.15) is 5.56 Å². The van der Waals surface area contributed by atoms with Crippen molar-refractivity contribution >= 4 is 27.3 Å². The summed E-state index contributed by atoms with van der Waals surface area (Å²) in [6, 6.07) is 3.73. The Hall–Kier alpha value is -1.44. The molecule has 0 aliphatic rings. The molecule has 0 aliphatic carbocycles. The molecule has 3 heterocycles. The van der Waals surface area contributed by atoms with Crippen molar-refractivity contribution < 1.29 is 8.94 Å². The van der Waals surface area contributed by atoms with Gasteiger partial charge in [-0.3, -0.25) is 0 Å². The minimum absolute atomic E-state index is 0.347. The Balaban J connectivity index is 1.99. The fraction of sp³-hybridized carbons (Fsp3) is 0.0909. The lowest BCUT2D eigenvalue weighted by atomic mass is 10.2. The summed E-state index contributed by atoms with van der Waals surface area (Å²) in [5.41, 5.74) is 6.44. The summed E-state index contributed by atoms with van der Waals surface area (Å²) in [4.78, 5) is 5.24. The van der Waals surface area contributed by atoms with Crippen molar-refractivity contribution in [2.24, 2.45) is 5.73 Å². The van der Waals surface area contributed by atoms with E-state index in [1.807, 2.05) is 11.4 Å². The van der Waals surface area contributed by atoms with Gasteiger partial charge >= 0.3 is 0 Å². The maximum Gasteiger partial charge on any atom is 0.294 e. The SMILES string of the molecule is NCc1ccoc1-c1nc(-c2cc(Br)cs2)no1. The Morgan fingerprint density at radius 2 is 2.33 bits per heavy atom. The molecule has 3 rings (SSSR count). The second kappa shape index (κ2) is 4.68. The molecule has 92 valence electrons. The van der Waals surface area contributed by atoms with Gasteiger partial charge in [-0.15, -0.1) is 11.3 Å². The second-order valence-electron chi connectivity index (χ2n) is 3.53. The molecule has 7 heteroatoms. The first kappa shape index (κ1) is 11.6. The zero-order chi connectivity index (χ0) is 12.5. The van der Waals surface area contributed by atoms with Crippen LogP contribution in [-0.4, -0.2) is 10.1 Å². The van der Waals surface area contributed by atoms with E-state index in [-0.39, 0.29) is 0 Å². The van der Waals surface area contributed by atoms with E-state index in [0.29, 0.717) is 24.0 Å². The fourth-order valence-corrected chi connectivity index (χ4v) is 2.88. The molecule has 18 heavy (non-hydrogen) atoms. The monoisotopic (exact) mass is 325 g/mol. The van der Waals surface area contributed by atoms with E-state index in [0.717, 1.165) is 14.9 Å². The van der Waals surface area contributed by atoms with Gasteiger partial charge in [-0.25, -0.2) is 0 Å². The number of halogens is 1. The number of furan rings is 1. The van der Waals surface area contributed by atoms with Crippen LogP contribution in [-0.2, 0) is 6.54 Å². The van der Waals surface area contributed by atoms with E-state index in [9.17, 15) is 0 Å². The molecule has 0 amide bonds. The van der Waals surface area contributed by atoms with Gasteiger partial charge in [0.2, 0.25) is 5.82 Å². The number of thiophene rings is 1. The molecular weight excluding hydrogens is 318 g/mol. The van der Waals surface area contributed by atoms with Crippen molar-refractivity contribution in [1.82, 2.24) is 10.1 Å². The Bertz CT molecular complexity index is 673. The van der Waals surface area contributed by atoms with Gasteiger partial charge in [-0.05, 0) is 28.1 Å². The molecule has 3 aromatic rings. The molecule has 0 aliphatic heterocycles. The Labute approximate surface area is 115 Å². The Morgan fingerprint density at radius 3 is 3.06 bits per heavy atom. The molecule has 0 saturated heterocycles. The van der Waals surface area contributed by atoms with E-state index >= 15 is 0 Å². The normalized spacial score (nSPS) is 11.0. The standard InChI is InChI=1S/C11H8BrN3O2S/c12-7-3-8(18-5-7)10-14-11(17-15-10)9-6(4-13)1-2-16-9/h1-3,5H,4,13H2. The van der Waals surface area contributed by atoms with Crippen LogP contribution in [0.3, 0.4) is 0 Å². The summed E-state index contributed by atoms with van der Waals surface area (Å²) >= 11 is 4.92. The summed E-state index contributed by atoms with van der Waals surface area (Å²) in [5.74, 6) is 1.42. The summed E-state index contributed by atoms with van der Waals surface area (Å²) in [7, 11) is 0. The first-order valence-corrected chi connectivity index (χ1v) is 6.80. The van der Waals surface area contributed by atoms with Gasteiger partial charge in [0.15, 0.2) is 5.76 Å². The molecule has 0 fully saturated rings. The number of aromatic nitrogens is 2. The van der Waals surface area contributed by atoms with Gasteiger partial charge in [-0.1, -0.05) is 5.16 Å². The van der Waals surface area contributed by atoms with Gasteiger partial charge in [0, 0.05) is 22.0 Å². The van der Waals surface area contributed by atoms with Gasteiger partial charge in [0.25, 0.3) is 5.89 Å². The molecular formula is C11H8BrN3O2S. The predicted octanol–water partition coefficient (Wildman–Crippen LogP) is 3.28. The third-order valence-electron chi connectivity index (χ3n) is 2.37. The number of hydrogen-bond acceptors (Lipinski definition) is 6. The van der Waals surface area contributed by atoms with Crippen molar-refractivity contribution in [3.63, 3.8) is 0 Å². The molecule has 0 aromatic carbocycles. The maximum absolute atomic E-state index is 5.60. The van der Waals surface area contributed by atoms with Crippen LogP contribution in [0.15, 0.2) is 37.2 Å². The van der Waals surface area contributed by atoms with Crippen molar-refractivity contribution in [3.05, 3.63) is 33.8 Å². The largest absolute Gasteiger partial charge is 0.459 e. The number of hydrogen-bond donors (Lipinski definition) is 1. The molecule has 3 aromatic heterocycles. The fourth-order valence-electron chi connectivity index (χ4n) is 1.53. The van der Waals surface area contributed by atoms with Crippen LogP contribution < -0.4 is 5.73 Å². The average Bonchev–Trinajstić information content (AvgIpc) is 3.07. The highest BCUT2D eigenvalue weighted by atomic mass is 79.9. The lowest BCUT2D eigenvalue weighted by Gasteiger charge is -1.91. The van der Waals surface area contributed by atoms with E-state index in [1.54, 1.807) is 12.3 Å². The van der Waals surface area contributed by atoms with Crippen molar-refractivity contribution in [3.8, 4) is 22.4 Å². The van der Waals surface area contributed by atoms with Gasteiger partial charge < -0.3 is 14.7 Å². The van der Waals surface area contributed by atoms with Crippen LogP contribution in [0.25, 0.3) is 22.4 Å². The van der Waals surface area contributed by atoms with Crippen LogP contribution in [0.5, 0.6) is 0 Å². The van der Waals surface area contributed by atoms with Gasteiger partial charge in [-0.2, -0.15) is 4.98 Å². The predicted molar refractivity (Wildman–Crippen MR) is 70.9 cm³/mol. The molecule has 2 N–H and O–H groups in total. The van der Waals surface area contributed by atoms with Crippen LogP contribution in [0, 0.1) is 0 Å². The minimum Gasteiger partial charge on any atom is -0.459 e. The van der Waals surface area contributed by atoms with E-state index in [4.69, 9.17) is 14.7 Å². The van der Waals surface area contributed by atoms with Gasteiger partial charge in [0.05, 0.1) is 11.1 Å². The first-order valence-electron chi connectivity index (χ1n) is 5.13. The molecule has 0 radical (unpaired) electrons. The molecule has 0 atom stereocenters. The quantitative estimate of drug-likeness (QED) is 0.799. The summed E-state index contributed by atoms with van der Waals surface area (Å²) in [6.07, 6.45) is 1.56. The summed E-state index contributed by atoms with van der Waals surface area (Å²) in [5, 5.41) is 5.90. The van der Waals surface area contributed by atoms with E-state index in [1.165, 1.54) is 11.3 Å². The smallest absolute Gasteiger partial charge is 0.294 e. The lowest BCUT2D eigenvalue weighted by Crippen LogP contribution is -1.95. The van der Waals surface area contributed by atoms with Crippen molar-refractivity contribution in [2.45, 2.75) is 6.54 Å². The van der Waals surface area contributed by atoms with Crippen LogP contribution in [0.2, 0.25) is 0 Å².